The van der Waals surface area contributed by atoms with E-state index in [-0.39, 0.29) is 11.4 Å². The third-order valence-electron chi connectivity index (χ3n) is 4.33. The maximum Gasteiger partial charge on any atom is 0.310 e. The second-order valence-electron chi connectivity index (χ2n) is 6.72. The lowest BCUT2D eigenvalue weighted by Gasteiger charge is -2.12. The highest BCUT2D eigenvalue weighted by molar-refractivity contribution is 5.83. The molecule has 3 rings (SSSR count). The van der Waals surface area contributed by atoms with Crippen LogP contribution in [0.25, 0.3) is 0 Å². The van der Waals surface area contributed by atoms with E-state index in [4.69, 9.17) is 14.2 Å². The molecule has 0 aliphatic heterocycles. The average Bonchev–Trinajstić information content (AvgIpc) is 2.83. The number of para-hydroxylation sites is 2. The highest BCUT2D eigenvalue weighted by atomic mass is 16.6. The number of carbonyl (C=O) groups excluding carboxylic acids is 1. The number of nitro benzene ring substituents is 1. The van der Waals surface area contributed by atoms with E-state index in [0.29, 0.717) is 30.3 Å². The summed E-state index contributed by atoms with van der Waals surface area (Å²) in [5.74, 6) is 0.606. The summed E-state index contributed by atoms with van der Waals surface area (Å²) in [7, 11) is 0. The Morgan fingerprint density at radius 2 is 1.73 bits per heavy atom. The molecule has 170 valence electrons. The molecule has 0 spiro atoms. The highest BCUT2D eigenvalue weighted by Crippen LogP contribution is 2.29. The maximum atomic E-state index is 12.0. The lowest BCUT2D eigenvalue weighted by Crippen LogP contribution is -2.24. The van der Waals surface area contributed by atoms with Gasteiger partial charge in [-0.25, -0.2) is 5.43 Å². The molecule has 0 heterocycles. The Balaban J connectivity index is 1.56. The van der Waals surface area contributed by atoms with E-state index in [1.54, 1.807) is 24.3 Å². The minimum Gasteiger partial charge on any atom is -0.490 e. The lowest BCUT2D eigenvalue weighted by atomic mass is 10.2. The lowest BCUT2D eigenvalue weighted by molar-refractivity contribution is -0.385. The van der Waals surface area contributed by atoms with Crippen molar-refractivity contribution < 1.29 is 23.9 Å². The third kappa shape index (κ3) is 7.06. The average molecular weight is 449 g/mol. The van der Waals surface area contributed by atoms with Gasteiger partial charge >= 0.3 is 5.69 Å². The summed E-state index contributed by atoms with van der Waals surface area (Å²) in [5.41, 5.74) is 3.83. The summed E-state index contributed by atoms with van der Waals surface area (Å²) in [5, 5.41) is 14.9. The molecular weight excluding hydrogens is 426 g/mol. The van der Waals surface area contributed by atoms with Crippen LogP contribution in [0.3, 0.4) is 0 Å². The molecule has 0 unspecified atom stereocenters. The number of amides is 1. The fraction of sp³-hybridized carbons (Fsp3) is 0.167. The van der Waals surface area contributed by atoms with E-state index < -0.39 is 17.4 Å². The predicted molar refractivity (Wildman–Crippen MR) is 123 cm³/mol. The first kappa shape index (κ1) is 23.3. The van der Waals surface area contributed by atoms with E-state index in [1.807, 2.05) is 37.3 Å². The SMILES string of the molecule is CCOc1cc(C=NNC(=O)COc2ccccc2[N+](=O)[O-])ccc1OCc1ccccc1. The van der Waals surface area contributed by atoms with E-state index in [0.717, 1.165) is 5.56 Å². The second kappa shape index (κ2) is 11.8. The number of hydrogen-bond donors (Lipinski definition) is 1. The molecule has 0 radical (unpaired) electrons. The van der Waals surface area contributed by atoms with Crippen LogP contribution in [0.5, 0.6) is 17.2 Å². The number of hydrogen-bond acceptors (Lipinski definition) is 7. The number of ether oxygens (including phenoxy) is 3. The first-order valence-electron chi connectivity index (χ1n) is 10.2. The zero-order chi connectivity index (χ0) is 23.5. The number of nitrogens with zero attached hydrogens (tertiary/aromatic N) is 2. The van der Waals surface area contributed by atoms with Crippen LogP contribution in [0.2, 0.25) is 0 Å². The Bertz CT molecular complexity index is 1120. The van der Waals surface area contributed by atoms with Gasteiger partial charge in [-0.15, -0.1) is 0 Å². The minimum absolute atomic E-state index is 0.00840. The van der Waals surface area contributed by atoms with Crippen molar-refractivity contribution in [2.24, 2.45) is 5.10 Å². The highest BCUT2D eigenvalue weighted by Gasteiger charge is 2.14. The summed E-state index contributed by atoms with van der Waals surface area (Å²) in [6, 6.07) is 20.9. The van der Waals surface area contributed by atoms with Crippen LogP contribution in [0, 0.1) is 10.1 Å². The van der Waals surface area contributed by atoms with Crippen LogP contribution in [-0.4, -0.2) is 30.3 Å². The van der Waals surface area contributed by atoms with E-state index in [1.165, 1.54) is 24.4 Å². The van der Waals surface area contributed by atoms with Gasteiger partial charge in [0.15, 0.2) is 23.9 Å². The normalized spacial score (nSPS) is 10.6. The van der Waals surface area contributed by atoms with Gasteiger partial charge in [-0.3, -0.25) is 14.9 Å². The molecule has 9 nitrogen and oxygen atoms in total. The van der Waals surface area contributed by atoms with Crippen molar-refractivity contribution >= 4 is 17.8 Å². The van der Waals surface area contributed by atoms with Crippen molar-refractivity contribution in [1.29, 1.82) is 0 Å². The molecular formula is C24H23N3O6. The molecule has 0 saturated heterocycles. The van der Waals surface area contributed by atoms with Gasteiger partial charge in [0.25, 0.3) is 5.91 Å². The molecule has 0 bridgehead atoms. The molecule has 1 N–H and O–H groups in total. The van der Waals surface area contributed by atoms with Crippen molar-refractivity contribution in [3.63, 3.8) is 0 Å². The number of carbonyl (C=O) groups is 1. The molecule has 1 amide bonds. The van der Waals surface area contributed by atoms with Crippen molar-refractivity contribution in [3.8, 4) is 17.2 Å². The van der Waals surface area contributed by atoms with E-state index in [2.05, 4.69) is 10.5 Å². The zero-order valence-electron chi connectivity index (χ0n) is 18.0. The van der Waals surface area contributed by atoms with Gasteiger partial charge in [-0.05, 0) is 42.3 Å². The number of hydrazone groups is 1. The Hall–Kier alpha value is -4.40. The number of nitrogens with one attached hydrogen (secondary N) is 1. The van der Waals surface area contributed by atoms with Gasteiger partial charge in [-0.2, -0.15) is 5.10 Å². The second-order valence-corrected chi connectivity index (χ2v) is 6.72. The fourth-order valence-electron chi connectivity index (χ4n) is 2.81. The Morgan fingerprint density at radius 1 is 0.970 bits per heavy atom. The van der Waals surface area contributed by atoms with Crippen molar-refractivity contribution in [1.82, 2.24) is 5.43 Å². The van der Waals surface area contributed by atoms with Gasteiger partial charge in [0.2, 0.25) is 0 Å². The molecule has 33 heavy (non-hydrogen) atoms. The minimum atomic E-state index is -0.575. The number of rotatable bonds is 11. The third-order valence-corrected chi connectivity index (χ3v) is 4.33. The molecule has 0 saturated carbocycles. The summed E-state index contributed by atoms with van der Waals surface area (Å²) in [6.45, 7) is 2.32. The Kier molecular flexibility index (Phi) is 8.35. The van der Waals surface area contributed by atoms with Gasteiger partial charge in [0.05, 0.1) is 17.7 Å². The molecule has 0 fully saturated rings. The Labute approximate surface area is 190 Å². The molecule has 3 aromatic carbocycles. The fourth-order valence-corrected chi connectivity index (χ4v) is 2.81. The van der Waals surface area contributed by atoms with Gasteiger partial charge in [-0.1, -0.05) is 42.5 Å². The smallest absolute Gasteiger partial charge is 0.310 e. The van der Waals surface area contributed by atoms with Crippen LogP contribution in [0.4, 0.5) is 5.69 Å². The van der Waals surface area contributed by atoms with Crippen molar-refractivity contribution in [3.05, 3.63) is 94.0 Å². The number of nitro groups is 1. The molecule has 0 aliphatic rings. The molecule has 0 atom stereocenters. The van der Waals surface area contributed by atoms with Gasteiger partial charge in [0, 0.05) is 6.07 Å². The van der Waals surface area contributed by atoms with Crippen LogP contribution in [0.1, 0.15) is 18.1 Å². The van der Waals surface area contributed by atoms with Crippen LogP contribution in [-0.2, 0) is 11.4 Å². The quantitative estimate of drug-likeness (QED) is 0.268. The van der Waals surface area contributed by atoms with Crippen LogP contribution >= 0.6 is 0 Å². The van der Waals surface area contributed by atoms with Crippen molar-refractivity contribution in [2.75, 3.05) is 13.2 Å². The van der Waals surface area contributed by atoms with Crippen molar-refractivity contribution in [2.45, 2.75) is 13.5 Å². The molecule has 9 heteroatoms. The van der Waals surface area contributed by atoms with Crippen LogP contribution in [0.15, 0.2) is 77.9 Å². The summed E-state index contributed by atoms with van der Waals surface area (Å²) < 4.78 is 16.8. The summed E-state index contributed by atoms with van der Waals surface area (Å²) >= 11 is 0. The van der Waals surface area contributed by atoms with E-state index >= 15 is 0 Å². The summed E-state index contributed by atoms with van der Waals surface area (Å²) in [6.07, 6.45) is 1.45. The topological polar surface area (TPSA) is 112 Å². The van der Waals surface area contributed by atoms with E-state index in [9.17, 15) is 14.9 Å². The Morgan fingerprint density at radius 3 is 2.48 bits per heavy atom. The standard InChI is InChI=1S/C24H23N3O6/c1-2-31-23-14-19(12-13-22(23)32-16-18-8-4-3-5-9-18)15-25-26-24(28)17-33-21-11-7-6-10-20(21)27(29)30/h3-15H,2,16-17H2,1H3,(H,26,28). The largest absolute Gasteiger partial charge is 0.490 e. The first-order valence-corrected chi connectivity index (χ1v) is 10.2. The van der Waals surface area contributed by atoms with Gasteiger partial charge in [0.1, 0.15) is 6.61 Å². The number of benzene rings is 3. The zero-order valence-corrected chi connectivity index (χ0v) is 18.0. The van der Waals surface area contributed by atoms with Crippen LogP contribution < -0.4 is 19.6 Å². The predicted octanol–water partition coefficient (Wildman–Crippen LogP) is 4.10. The van der Waals surface area contributed by atoms with Gasteiger partial charge < -0.3 is 14.2 Å². The summed E-state index contributed by atoms with van der Waals surface area (Å²) in [4.78, 5) is 22.4. The first-order chi connectivity index (χ1) is 16.1. The molecule has 3 aromatic rings. The molecule has 0 aromatic heterocycles. The monoisotopic (exact) mass is 449 g/mol. The maximum absolute atomic E-state index is 12.0. The molecule has 0 aliphatic carbocycles.